The molecule has 0 saturated heterocycles. The Hall–Kier alpha value is -1.51. The lowest BCUT2D eigenvalue weighted by Crippen LogP contribution is -2.15. The zero-order chi connectivity index (χ0) is 12.7. The summed E-state index contributed by atoms with van der Waals surface area (Å²) in [6.07, 6.45) is 3.65. The fourth-order valence-corrected chi connectivity index (χ4v) is 1.96. The molecule has 1 aromatic rings. The van der Waals surface area contributed by atoms with Gasteiger partial charge in [0.1, 0.15) is 0 Å². The van der Waals surface area contributed by atoms with Crippen molar-refractivity contribution in [3.63, 3.8) is 0 Å². The molecule has 1 rings (SSSR count). The standard InChI is InChI=1S/C14H21NO2/c1-3-12(14(16)17-2)8-4-6-11-7-5-9-13(15)10-11/h5,7,9-10,12H,3-4,6,8,15H2,1-2H3. The van der Waals surface area contributed by atoms with Crippen molar-refractivity contribution in [2.75, 3.05) is 12.8 Å². The van der Waals surface area contributed by atoms with Crippen LogP contribution in [0.5, 0.6) is 0 Å². The van der Waals surface area contributed by atoms with Crippen LogP contribution in [0.15, 0.2) is 24.3 Å². The van der Waals surface area contributed by atoms with Crippen LogP contribution in [0.25, 0.3) is 0 Å². The summed E-state index contributed by atoms with van der Waals surface area (Å²) in [6, 6.07) is 7.89. The van der Waals surface area contributed by atoms with Gasteiger partial charge in [0.15, 0.2) is 0 Å². The van der Waals surface area contributed by atoms with Crippen LogP contribution in [0.4, 0.5) is 5.69 Å². The molecule has 1 unspecified atom stereocenters. The zero-order valence-corrected chi connectivity index (χ0v) is 10.6. The van der Waals surface area contributed by atoms with Crippen molar-refractivity contribution in [2.45, 2.75) is 32.6 Å². The molecule has 94 valence electrons. The van der Waals surface area contributed by atoms with E-state index in [0.29, 0.717) is 0 Å². The van der Waals surface area contributed by atoms with Crippen LogP contribution in [-0.4, -0.2) is 13.1 Å². The predicted octanol–water partition coefficient (Wildman–Crippen LogP) is 2.79. The molecule has 0 aliphatic carbocycles. The topological polar surface area (TPSA) is 52.3 Å². The molecular weight excluding hydrogens is 214 g/mol. The van der Waals surface area contributed by atoms with E-state index in [1.54, 1.807) is 0 Å². The molecule has 3 nitrogen and oxygen atoms in total. The van der Waals surface area contributed by atoms with Crippen molar-refractivity contribution < 1.29 is 9.53 Å². The van der Waals surface area contributed by atoms with Gasteiger partial charge >= 0.3 is 5.97 Å². The first-order valence-electron chi connectivity index (χ1n) is 6.09. The lowest BCUT2D eigenvalue weighted by molar-refractivity contribution is -0.145. The first-order chi connectivity index (χ1) is 8.17. The van der Waals surface area contributed by atoms with Crippen LogP contribution in [0.1, 0.15) is 31.7 Å². The Morgan fingerprint density at radius 1 is 1.47 bits per heavy atom. The number of nitrogen functional groups attached to an aromatic ring is 1. The van der Waals surface area contributed by atoms with Crippen LogP contribution >= 0.6 is 0 Å². The SMILES string of the molecule is CCC(CCCc1cccc(N)c1)C(=O)OC. The maximum Gasteiger partial charge on any atom is 0.308 e. The highest BCUT2D eigenvalue weighted by molar-refractivity contribution is 5.72. The molecule has 2 N–H and O–H groups in total. The normalized spacial score (nSPS) is 12.1. The molecule has 0 aliphatic rings. The molecule has 1 atom stereocenters. The van der Waals surface area contributed by atoms with E-state index in [2.05, 4.69) is 6.07 Å². The quantitative estimate of drug-likeness (QED) is 0.609. The van der Waals surface area contributed by atoms with Crippen molar-refractivity contribution in [1.29, 1.82) is 0 Å². The van der Waals surface area contributed by atoms with Gasteiger partial charge in [-0.05, 0) is 43.4 Å². The predicted molar refractivity (Wildman–Crippen MR) is 69.6 cm³/mol. The smallest absolute Gasteiger partial charge is 0.308 e. The minimum absolute atomic E-state index is 0.0288. The molecule has 0 aromatic heterocycles. The molecule has 17 heavy (non-hydrogen) atoms. The number of anilines is 1. The lowest BCUT2D eigenvalue weighted by Gasteiger charge is -2.11. The fourth-order valence-electron chi connectivity index (χ4n) is 1.96. The largest absolute Gasteiger partial charge is 0.469 e. The number of rotatable bonds is 6. The van der Waals surface area contributed by atoms with Gasteiger partial charge in [-0.1, -0.05) is 19.1 Å². The van der Waals surface area contributed by atoms with E-state index in [9.17, 15) is 4.79 Å². The second kappa shape index (κ2) is 6.94. The van der Waals surface area contributed by atoms with Gasteiger partial charge in [-0.25, -0.2) is 0 Å². The average Bonchev–Trinajstić information content (AvgIpc) is 2.34. The van der Waals surface area contributed by atoms with Gasteiger partial charge in [0.05, 0.1) is 13.0 Å². The van der Waals surface area contributed by atoms with Gasteiger partial charge in [0, 0.05) is 5.69 Å². The van der Waals surface area contributed by atoms with E-state index in [1.165, 1.54) is 12.7 Å². The Morgan fingerprint density at radius 2 is 2.24 bits per heavy atom. The highest BCUT2D eigenvalue weighted by Gasteiger charge is 2.15. The van der Waals surface area contributed by atoms with Gasteiger partial charge in [-0.15, -0.1) is 0 Å². The van der Waals surface area contributed by atoms with Crippen LogP contribution in [-0.2, 0) is 16.0 Å². The molecule has 3 heteroatoms. The van der Waals surface area contributed by atoms with Crippen molar-refractivity contribution in [3.05, 3.63) is 29.8 Å². The molecule has 0 heterocycles. The molecule has 0 bridgehead atoms. The summed E-state index contributed by atoms with van der Waals surface area (Å²) in [5.41, 5.74) is 7.73. The number of esters is 1. The number of methoxy groups -OCH3 is 1. The van der Waals surface area contributed by atoms with E-state index in [4.69, 9.17) is 10.5 Å². The summed E-state index contributed by atoms with van der Waals surface area (Å²) < 4.78 is 4.77. The zero-order valence-electron chi connectivity index (χ0n) is 10.6. The van der Waals surface area contributed by atoms with E-state index in [-0.39, 0.29) is 11.9 Å². The van der Waals surface area contributed by atoms with Gasteiger partial charge in [0.2, 0.25) is 0 Å². The van der Waals surface area contributed by atoms with E-state index >= 15 is 0 Å². The number of aryl methyl sites for hydroxylation is 1. The van der Waals surface area contributed by atoms with Gasteiger partial charge in [-0.3, -0.25) is 4.79 Å². The summed E-state index contributed by atoms with van der Waals surface area (Å²) >= 11 is 0. The number of ether oxygens (including phenoxy) is 1. The molecule has 0 spiro atoms. The Labute approximate surface area is 103 Å². The molecule has 0 amide bonds. The molecule has 1 aromatic carbocycles. The monoisotopic (exact) mass is 235 g/mol. The number of carbonyl (C=O) groups excluding carboxylic acids is 1. The maximum absolute atomic E-state index is 11.4. The highest BCUT2D eigenvalue weighted by Crippen LogP contribution is 2.16. The Kier molecular flexibility index (Phi) is 5.53. The Morgan fingerprint density at radius 3 is 2.82 bits per heavy atom. The molecule has 0 aliphatic heterocycles. The molecule has 0 fully saturated rings. The van der Waals surface area contributed by atoms with Crippen molar-refractivity contribution in [3.8, 4) is 0 Å². The summed E-state index contributed by atoms with van der Waals surface area (Å²) in [7, 11) is 1.45. The summed E-state index contributed by atoms with van der Waals surface area (Å²) in [5.74, 6) is -0.0684. The maximum atomic E-state index is 11.4. The minimum atomic E-state index is -0.0972. The number of benzene rings is 1. The molecule has 0 radical (unpaired) electrons. The van der Waals surface area contributed by atoms with Gasteiger partial charge < -0.3 is 10.5 Å². The first kappa shape index (κ1) is 13.6. The van der Waals surface area contributed by atoms with Gasteiger partial charge in [0.25, 0.3) is 0 Å². The van der Waals surface area contributed by atoms with Crippen LogP contribution in [0, 0.1) is 5.92 Å². The number of nitrogens with two attached hydrogens (primary N) is 1. The average molecular weight is 235 g/mol. The second-order valence-electron chi connectivity index (χ2n) is 4.27. The third-order valence-electron chi connectivity index (χ3n) is 3.00. The van der Waals surface area contributed by atoms with Crippen LogP contribution in [0.3, 0.4) is 0 Å². The van der Waals surface area contributed by atoms with Gasteiger partial charge in [-0.2, -0.15) is 0 Å². The summed E-state index contributed by atoms with van der Waals surface area (Å²) in [5, 5.41) is 0. The van der Waals surface area contributed by atoms with Crippen LogP contribution < -0.4 is 5.73 Å². The summed E-state index contributed by atoms with van der Waals surface area (Å²) in [6.45, 7) is 2.02. The second-order valence-corrected chi connectivity index (χ2v) is 4.27. The molecular formula is C14H21NO2. The Balaban J connectivity index is 2.38. The van der Waals surface area contributed by atoms with E-state index in [1.807, 2.05) is 25.1 Å². The Bertz CT molecular complexity index is 363. The third-order valence-corrected chi connectivity index (χ3v) is 3.00. The lowest BCUT2D eigenvalue weighted by atomic mass is 9.97. The first-order valence-corrected chi connectivity index (χ1v) is 6.09. The van der Waals surface area contributed by atoms with E-state index in [0.717, 1.165) is 31.4 Å². The third kappa shape index (κ3) is 4.47. The highest BCUT2D eigenvalue weighted by atomic mass is 16.5. The summed E-state index contributed by atoms with van der Waals surface area (Å²) in [4.78, 5) is 11.4. The molecule has 0 saturated carbocycles. The van der Waals surface area contributed by atoms with Crippen LogP contribution in [0.2, 0.25) is 0 Å². The van der Waals surface area contributed by atoms with E-state index < -0.39 is 0 Å². The fraction of sp³-hybridized carbons (Fsp3) is 0.500. The van der Waals surface area contributed by atoms with Crippen molar-refractivity contribution in [1.82, 2.24) is 0 Å². The minimum Gasteiger partial charge on any atom is -0.469 e. The number of hydrogen-bond donors (Lipinski definition) is 1. The van der Waals surface area contributed by atoms with Crippen molar-refractivity contribution in [2.24, 2.45) is 5.92 Å². The number of carbonyl (C=O) groups is 1. The number of hydrogen-bond acceptors (Lipinski definition) is 3. The van der Waals surface area contributed by atoms with Crippen molar-refractivity contribution >= 4 is 11.7 Å².